The van der Waals surface area contributed by atoms with E-state index in [0.29, 0.717) is 5.56 Å². The number of rotatable bonds is 5. The van der Waals surface area contributed by atoms with Crippen LogP contribution in [0.15, 0.2) is 27.6 Å². The molecule has 19 heavy (non-hydrogen) atoms. The molecular formula is C11H14BrNO5S. The van der Waals surface area contributed by atoms with Crippen molar-refractivity contribution in [2.75, 3.05) is 6.54 Å². The second kappa shape index (κ2) is 5.58. The highest BCUT2D eigenvalue weighted by atomic mass is 79.9. The van der Waals surface area contributed by atoms with E-state index in [1.165, 1.54) is 6.07 Å². The maximum atomic E-state index is 12.0. The predicted octanol–water partition coefficient (Wildman–Crippen LogP) is 0.871. The number of carboxylic acid groups (broad SMARTS) is 1. The molecule has 6 nitrogen and oxygen atoms in total. The van der Waals surface area contributed by atoms with E-state index in [9.17, 15) is 18.3 Å². The van der Waals surface area contributed by atoms with Crippen LogP contribution in [-0.2, 0) is 14.8 Å². The highest BCUT2D eigenvalue weighted by Crippen LogP contribution is 2.20. The first kappa shape index (κ1) is 16.1. The van der Waals surface area contributed by atoms with E-state index in [2.05, 4.69) is 20.7 Å². The van der Waals surface area contributed by atoms with Crippen molar-refractivity contribution in [1.29, 1.82) is 0 Å². The van der Waals surface area contributed by atoms with E-state index in [1.54, 1.807) is 19.1 Å². The van der Waals surface area contributed by atoms with Crippen molar-refractivity contribution in [3.63, 3.8) is 0 Å². The Kier molecular flexibility index (Phi) is 4.72. The van der Waals surface area contributed by atoms with Crippen LogP contribution in [0.2, 0.25) is 0 Å². The third-order valence-corrected chi connectivity index (χ3v) is 4.55. The van der Waals surface area contributed by atoms with Crippen LogP contribution in [0.25, 0.3) is 0 Å². The van der Waals surface area contributed by atoms with Gasteiger partial charge in [0.05, 0.1) is 11.4 Å². The van der Waals surface area contributed by atoms with Gasteiger partial charge in [0.1, 0.15) is 0 Å². The van der Waals surface area contributed by atoms with Gasteiger partial charge in [-0.1, -0.05) is 15.9 Å². The Morgan fingerprint density at radius 2 is 2.05 bits per heavy atom. The van der Waals surface area contributed by atoms with Crippen LogP contribution >= 0.6 is 15.9 Å². The Morgan fingerprint density at radius 3 is 2.53 bits per heavy atom. The molecule has 0 heterocycles. The van der Waals surface area contributed by atoms with Crippen LogP contribution in [-0.4, -0.2) is 36.7 Å². The van der Waals surface area contributed by atoms with Crippen molar-refractivity contribution in [2.24, 2.45) is 0 Å². The van der Waals surface area contributed by atoms with Gasteiger partial charge in [-0.05, 0) is 37.6 Å². The molecule has 0 radical (unpaired) electrons. The summed E-state index contributed by atoms with van der Waals surface area (Å²) in [6, 6.07) is 4.60. The molecular weight excluding hydrogens is 338 g/mol. The summed E-state index contributed by atoms with van der Waals surface area (Å²) in [5.74, 6) is -1.50. The molecule has 1 aromatic carbocycles. The van der Waals surface area contributed by atoms with Gasteiger partial charge in [0.15, 0.2) is 5.60 Å². The highest BCUT2D eigenvalue weighted by Gasteiger charge is 2.32. The maximum Gasteiger partial charge on any atom is 0.336 e. The van der Waals surface area contributed by atoms with Crippen LogP contribution in [0, 0.1) is 6.92 Å². The van der Waals surface area contributed by atoms with Crippen molar-refractivity contribution in [2.45, 2.75) is 24.3 Å². The van der Waals surface area contributed by atoms with Crippen molar-refractivity contribution in [3.8, 4) is 0 Å². The number of sulfonamides is 1. The number of carbonyl (C=O) groups is 1. The zero-order valence-corrected chi connectivity index (χ0v) is 12.7. The first-order valence-corrected chi connectivity index (χ1v) is 7.55. The van der Waals surface area contributed by atoms with Gasteiger partial charge in [-0.25, -0.2) is 17.9 Å². The molecule has 0 aromatic heterocycles. The lowest BCUT2D eigenvalue weighted by Gasteiger charge is -2.18. The molecule has 1 aromatic rings. The zero-order chi connectivity index (χ0) is 14.8. The average Bonchev–Trinajstić information content (AvgIpc) is 2.26. The van der Waals surface area contributed by atoms with Crippen molar-refractivity contribution < 1.29 is 23.4 Å². The Morgan fingerprint density at radius 1 is 1.47 bits per heavy atom. The molecule has 0 aliphatic carbocycles. The molecule has 0 aliphatic heterocycles. The fourth-order valence-electron chi connectivity index (χ4n) is 1.30. The number of hydrogen-bond acceptors (Lipinski definition) is 4. The Balaban J connectivity index is 2.97. The molecule has 0 spiro atoms. The van der Waals surface area contributed by atoms with E-state index < -0.39 is 28.1 Å². The molecule has 3 N–H and O–H groups in total. The largest absolute Gasteiger partial charge is 0.479 e. The fraction of sp³-hybridized carbons (Fsp3) is 0.364. The molecule has 0 saturated heterocycles. The maximum absolute atomic E-state index is 12.0. The summed E-state index contributed by atoms with van der Waals surface area (Å²) in [7, 11) is -3.87. The van der Waals surface area contributed by atoms with E-state index in [0.717, 1.165) is 11.4 Å². The lowest BCUT2D eigenvalue weighted by molar-refractivity contribution is -0.155. The fourth-order valence-corrected chi connectivity index (χ4v) is 3.14. The minimum absolute atomic E-state index is 0.0388. The molecule has 0 aliphatic rings. The summed E-state index contributed by atoms with van der Waals surface area (Å²) in [6.07, 6.45) is 0. The smallest absolute Gasteiger partial charge is 0.336 e. The molecule has 1 unspecified atom stereocenters. The Bertz CT molecular complexity index is 597. The molecule has 0 bridgehead atoms. The molecule has 1 atom stereocenters. The summed E-state index contributed by atoms with van der Waals surface area (Å²) >= 11 is 3.22. The minimum atomic E-state index is -3.87. The Hall–Kier alpha value is -0.960. The number of hydrogen-bond donors (Lipinski definition) is 3. The summed E-state index contributed by atoms with van der Waals surface area (Å²) in [5, 5.41) is 18.2. The lowest BCUT2D eigenvalue weighted by atomic mass is 10.1. The monoisotopic (exact) mass is 351 g/mol. The SMILES string of the molecule is Cc1cc(Br)ccc1S(=O)(=O)NCC(C)(O)C(=O)O. The third kappa shape index (κ3) is 4.00. The number of halogens is 1. The van der Waals surface area contributed by atoms with Crippen LogP contribution in [0.5, 0.6) is 0 Å². The molecule has 0 amide bonds. The first-order chi connectivity index (χ1) is 8.56. The van der Waals surface area contributed by atoms with Gasteiger partial charge in [0.25, 0.3) is 0 Å². The number of aryl methyl sites for hydroxylation is 1. The van der Waals surface area contributed by atoms with Crippen molar-refractivity contribution in [1.82, 2.24) is 4.72 Å². The highest BCUT2D eigenvalue weighted by molar-refractivity contribution is 9.10. The second-order valence-electron chi connectivity index (χ2n) is 4.31. The molecule has 0 fully saturated rings. The van der Waals surface area contributed by atoms with Crippen molar-refractivity contribution in [3.05, 3.63) is 28.2 Å². The van der Waals surface area contributed by atoms with E-state index >= 15 is 0 Å². The standard InChI is InChI=1S/C11H14BrNO5S/c1-7-5-8(12)3-4-9(7)19(17,18)13-6-11(2,16)10(14)15/h3-5,13,16H,6H2,1-2H3,(H,14,15). The third-order valence-electron chi connectivity index (χ3n) is 2.49. The molecule has 106 valence electrons. The lowest BCUT2D eigenvalue weighted by Crippen LogP contribution is -2.46. The summed E-state index contributed by atoms with van der Waals surface area (Å²) in [6.45, 7) is 2.03. The van der Waals surface area contributed by atoms with Gasteiger partial charge in [-0.2, -0.15) is 0 Å². The normalized spacial score (nSPS) is 14.9. The minimum Gasteiger partial charge on any atom is -0.479 e. The Labute approximate surface area is 119 Å². The van der Waals surface area contributed by atoms with Crippen LogP contribution in [0.1, 0.15) is 12.5 Å². The van der Waals surface area contributed by atoms with Gasteiger partial charge in [0, 0.05) is 4.47 Å². The van der Waals surface area contributed by atoms with E-state index in [-0.39, 0.29) is 4.90 Å². The number of aliphatic carboxylic acids is 1. The molecule has 8 heteroatoms. The van der Waals surface area contributed by atoms with Gasteiger partial charge < -0.3 is 10.2 Å². The van der Waals surface area contributed by atoms with Gasteiger partial charge in [0.2, 0.25) is 10.0 Å². The second-order valence-corrected chi connectivity index (χ2v) is 6.96. The zero-order valence-electron chi connectivity index (χ0n) is 10.3. The number of nitrogens with one attached hydrogen (secondary N) is 1. The van der Waals surface area contributed by atoms with E-state index in [1.807, 2.05) is 0 Å². The first-order valence-electron chi connectivity index (χ1n) is 5.28. The molecule has 0 saturated carbocycles. The van der Waals surface area contributed by atoms with Gasteiger partial charge in [-0.15, -0.1) is 0 Å². The summed E-state index contributed by atoms with van der Waals surface area (Å²) in [5.41, 5.74) is -1.65. The summed E-state index contributed by atoms with van der Waals surface area (Å²) < 4.78 is 26.8. The van der Waals surface area contributed by atoms with Gasteiger partial charge in [-0.3, -0.25) is 0 Å². The number of aliphatic hydroxyl groups is 1. The van der Waals surface area contributed by atoms with Crippen LogP contribution in [0.3, 0.4) is 0 Å². The molecule has 1 rings (SSSR count). The number of benzene rings is 1. The number of carboxylic acids is 1. The van der Waals surface area contributed by atoms with Crippen LogP contribution < -0.4 is 4.72 Å². The van der Waals surface area contributed by atoms with Crippen LogP contribution in [0.4, 0.5) is 0 Å². The summed E-state index contributed by atoms with van der Waals surface area (Å²) in [4.78, 5) is 10.7. The average molecular weight is 352 g/mol. The van der Waals surface area contributed by atoms with E-state index in [4.69, 9.17) is 5.11 Å². The van der Waals surface area contributed by atoms with Crippen molar-refractivity contribution >= 4 is 31.9 Å². The van der Waals surface area contributed by atoms with Gasteiger partial charge >= 0.3 is 5.97 Å². The predicted molar refractivity (Wildman–Crippen MR) is 72.3 cm³/mol. The quantitative estimate of drug-likeness (QED) is 0.730. The topological polar surface area (TPSA) is 104 Å².